The van der Waals surface area contributed by atoms with E-state index in [1.165, 1.54) is 24.8 Å². The van der Waals surface area contributed by atoms with Crippen LogP contribution in [-0.4, -0.2) is 37.0 Å². The van der Waals surface area contributed by atoms with E-state index in [1.54, 1.807) is 0 Å². The third kappa shape index (κ3) is 5.36. The van der Waals surface area contributed by atoms with Crippen molar-refractivity contribution in [2.75, 3.05) is 26.2 Å². The lowest BCUT2D eigenvalue weighted by molar-refractivity contribution is -0.123. The van der Waals surface area contributed by atoms with Crippen molar-refractivity contribution in [1.82, 2.24) is 10.2 Å². The van der Waals surface area contributed by atoms with E-state index < -0.39 is 0 Å². The van der Waals surface area contributed by atoms with E-state index in [0.29, 0.717) is 6.54 Å². The molecule has 1 aromatic heterocycles. The minimum atomic E-state index is -0.112. The predicted octanol–water partition coefficient (Wildman–Crippen LogP) is 3.93. The molecule has 5 heteroatoms. The fourth-order valence-corrected chi connectivity index (χ4v) is 3.49. The van der Waals surface area contributed by atoms with Crippen LogP contribution in [0.3, 0.4) is 0 Å². The normalized spacial score (nSPS) is 16.1. The predicted molar refractivity (Wildman–Crippen MR) is 106 cm³/mol. The molecule has 1 unspecified atom stereocenters. The van der Waals surface area contributed by atoms with E-state index in [2.05, 4.69) is 17.1 Å². The topological polar surface area (TPSA) is 54.7 Å². The molecule has 2 heterocycles. The number of ether oxygens (including phenoxy) is 1. The van der Waals surface area contributed by atoms with Crippen molar-refractivity contribution in [3.8, 4) is 5.75 Å². The summed E-state index contributed by atoms with van der Waals surface area (Å²) in [7, 11) is 0. The Morgan fingerprint density at radius 2 is 1.89 bits per heavy atom. The van der Waals surface area contributed by atoms with Crippen molar-refractivity contribution < 1.29 is 13.9 Å². The number of aryl methyl sites for hydroxylation is 3. The highest BCUT2D eigenvalue weighted by Gasteiger charge is 2.25. The fraction of sp³-hybridized carbons (Fsp3) is 0.500. The Kier molecular flexibility index (Phi) is 6.56. The second-order valence-electron chi connectivity index (χ2n) is 7.40. The van der Waals surface area contributed by atoms with Crippen LogP contribution in [0, 0.1) is 20.8 Å². The van der Waals surface area contributed by atoms with E-state index >= 15 is 0 Å². The molecule has 27 heavy (non-hydrogen) atoms. The molecule has 0 saturated carbocycles. The summed E-state index contributed by atoms with van der Waals surface area (Å²) in [6, 6.07) is 9.95. The summed E-state index contributed by atoms with van der Waals surface area (Å²) in [4.78, 5) is 14.7. The van der Waals surface area contributed by atoms with Gasteiger partial charge < -0.3 is 14.5 Å². The third-order valence-electron chi connectivity index (χ3n) is 5.26. The zero-order chi connectivity index (χ0) is 19.2. The van der Waals surface area contributed by atoms with Crippen molar-refractivity contribution in [2.24, 2.45) is 0 Å². The molecule has 0 bridgehead atoms. The fourth-order valence-electron chi connectivity index (χ4n) is 3.49. The number of amides is 1. The van der Waals surface area contributed by atoms with Crippen LogP contribution in [0.5, 0.6) is 5.75 Å². The van der Waals surface area contributed by atoms with Gasteiger partial charge in [0, 0.05) is 6.54 Å². The molecule has 1 aliphatic heterocycles. The van der Waals surface area contributed by atoms with E-state index in [4.69, 9.17) is 9.15 Å². The van der Waals surface area contributed by atoms with Crippen LogP contribution < -0.4 is 10.1 Å². The zero-order valence-corrected chi connectivity index (χ0v) is 16.6. The van der Waals surface area contributed by atoms with Gasteiger partial charge in [-0.25, -0.2) is 0 Å². The number of benzene rings is 1. The van der Waals surface area contributed by atoms with Crippen LogP contribution >= 0.6 is 0 Å². The Labute approximate surface area is 161 Å². The van der Waals surface area contributed by atoms with Crippen molar-refractivity contribution in [3.63, 3.8) is 0 Å². The molecule has 0 aliphatic carbocycles. The lowest BCUT2D eigenvalue weighted by atomic mass is 10.1. The standard InChI is InChI=1S/C22H30N2O3/c1-16-7-9-19(13-17(16)2)26-15-22(25)23-14-20(21-10-8-18(3)27-21)24-11-5-4-6-12-24/h7-10,13,20H,4-6,11-12,14-15H2,1-3H3,(H,23,25). The SMILES string of the molecule is Cc1ccc(C(CNC(=O)COc2ccc(C)c(C)c2)N2CCCCC2)o1. The molecule has 1 atom stereocenters. The van der Waals surface area contributed by atoms with Crippen molar-refractivity contribution in [2.45, 2.75) is 46.1 Å². The van der Waals surface area contributed by atoms with Gasteiger partial charge in [-0.2, -0.15) is 0 Å². The first kappa shape index (κ1) is 19.5. The maximum atomic E-state index is 12.3. The average molecular weight is 370 g/mol. The summed E-state index contributed by atoms with van der Waals surface area (Å²) in [5.41, 5.74) is 2.37. The number of likely N-dealkylation sites (tertiary alicyclic amines) is 1. The van der Waals surface area contributed by atoms with Crippen LogP contribution in [0.15, 0.2) is 34.7 Å². The summed E-state index contributed by atoms with van der Waals surface area (Å²) in [5.74, 6) is 2.43. The van der Waals surface area contributed by atoms with Crippen molar-refractivity contribution in [1.29, 1.82) is 0 Å². The second kappa shape index (κ2) is 9.09. The lowest BCUT2D eigenvalue weighted by Gasteiger charge is -2.33. The molecule has 1 saturated heterocycles. The van der Waals surface area contributed by atoms with Gasteiger partial charge in [0.2, 0.25) is 0 Å². The van der Waals surface area contributed by atoms with Crippen LogP contribution in [-0.2, 0) is 4.79 Å². The molecule has 1 aromatic carbocycles. The monoisotopic (exact) mass is 370 g/mol. The molecular weight excluding hydrogens is 340 g/mol. The number of nitrogens with one attached hydrogen (secondary N) is 1. The van der Waals surface area contributed by atoms with Crippen molar-refractivity contribution >= 4 is 5.91 Å². The van der Waals surface area contributed by atoms with Gasteiger partial charge in [0.1, 0.15) is 17.3 Å². The first-order valence-electron chi connectivity index (χ1n) is 9.80. The molecule has 146 valence electrons. The van der Waals surface area contributed by atoms with Crippen LogP contribution in [0.2, 0.25) is 0 Å². The first-order valence-corrected chi connectivity index (χ1v) is 9.80. The van der Waals surface area contributed by atoms with Gasteiger partial charge in [-0.15, -0.1) is 0 Å². The Morgan fingerprint density at radius 1 is 1.11 bits per heavy atom. The van der Waals surface area contributed by atoms with Gasteiger partial charge in [-0.3, -0.25) is 9.69 Å². The molecule has 0 spiro atoms. The molecule has 5 nitrogen and oxygen atoms in total. The first-order chi connectivity index (χ1) is 13.0. The van der Waals surface area contributed by atoms with Crippen LogP contribution in [0.1, 0.15) is 48.0 Å². The van der Waals surface area contributed by atoms with Crippen LogP contribution in [0.4, 0.5) is 0 Å². The summed E-state index contributed by atoms with van der Waals surface area (Å²) in [5, 5.41) is 3.02. The van der Waals surface area contributed by atoms with Crippen molar-refractivity contribution in [3.05, 3.63) is 53.0 Å². The number of carbonyl (C=O) groups excluding carboxylic acids is 1. The van der Waals surface area contributed by atoms with Gasteiger partial charge in [0.15, 0.2) is 6.61 Å². The number of hydrogen-bond donors (Lipinski definition) is 1. The molecule has 2 aromatic rings. The Hall–Kier alpha value is -2.27. The van der Waals surface area contributed by atoms with Crippen LogP contribution in [0.25, 0.3) is 0 Å². The molecular formula is C22H30N2O3. The quantitative estimate of drug-likeness (QED) is 0.802. The maximum absolute atomic E-state index is 12.3. The number of nitrogens with zero attached hydrogens (tertiary/aromatic N) is 1. The summed E-state index contributed by atoms with van der Waals surface area (Å²) >= 11 is 0. The van der Waals surface area contributed by atoms with E-state index in [1.807, 2.05) is 44.2 Å². The van der Waals surface area contributed by atoms with Gasteiger partial charge in [0.05, 0.1) is 6.04 Å². The van der Waals surface area contributed by atoms with E-state index in [-0.39, 0.29) is 18.6 Å². The largest absolute Gasteiger partial charge is 0.484 e. The van der Waals surface area contributed by atoms with Gasteiger partial charge in [0.25, 0.3) is 5.91 Å². The molecule has 3 rings (SSSR count). The Balaban J connectivity index is 1.55. The average Bonchev–Trinajstić information content (AvgIpc) is 3.10. The Morgan fingerprint density at radius 3 is 2.56 bits per heavy atom. The second-order valence-corrected chi connectivity index (χ2v) is 7.40. The summed E-state index contributed by atoms with van der Waals surface area (Å²) in [6.07, 6.45) is 3.66. The van der Waals surface area contributed by atoms with E-state index in [9.17, 15) is 4.79 Å². The van der Waals surface area contributed by atoms with E-state index in [0.717, 1.165) is 35.9 Å². The molecule has 1 fully saturated rings. The molecule has 1 N–H and O–H groups in total. The van der Waals surface area contributed by atoms with Gasteiger partial charge in [-0.1, -0.05) is 12.5 Å². The number of hydrogen-bond acceptors (Lipinski definition) is 4. The summed E-state index contributed by atoms with van der Waals surface area (Å²) in [6.45, 7) is 8.68. The summed E-state index contributed by atoms with van der Waals surface area (Å²) < 4.78 is 11.5. The minimum absolute atomic E-state index is 0.0202. The number of rotatable bonds is 7. The highest BCUT2D eigenvalue weighted by atomic mass is 16.5. The molecule has 1 amide bonds. The highest BCUT2D eigenvalue weighted by molar-refractivity contribution is 5.77. The zero-order valence-electron chi connectivity index (χ0n) is 16.6. The number of piperidine rings is 1. The Bertz CT molecular complexity index is 763. The number of furan rings is 1. The molecule has 0 radical (unpaired) electrons. The highest BCUT2D eigenvalue weighted by Crippen LogP contribution is 2.25. The molecule has 1 aliphatic rings. The third-order valence-corrected chi connectivity index (χ3v) is 5.26. The number of carbonyl (C=O) groups is 1. The van der Waals surface area contributed by atoms with Gasteiger partial charge in [-0.05, 0) is 82.1 Å². The minimum Gasteiger partial charge on any atom is -0.484 e. The maximum Gasteiger partial charge on any atom is 0.258 e. The van der Waals surface area contributed by atoms with Gasteiger partial charge >= 0.3 is 0 Å². The lowest BCUT2D eigenvalue weighted by Crippen LogP contribution is -2.41. The smallest absolute Gasteiger partial charge is 0.258 e.